The molecule has 3 nitrogen and oxygen atoms in total. The molecule has 0 saturated carbocycles. The Bertz CT molecular complexity index is 226. The standard InChI is InChI=1S/C10H18N2OS/c1-3-5-13-7-9(12-4-2)10-6-11-8-14-10/h6,8-9,12H,3-5,7H2,1-2H3. The molecule has 0 spiro atoms. The summed E-state index contributed by atoms with van der Waals surface area (Å²) in [7, 11) is 0. The number of hydrogen-bond donors (Lipinski definition) is 1. The van der Waals surface area contributed by atoms with E-state index in [0.29, 0.717) is 6.04 Å². The van der Waals surface area contributed by atoms with Crippen LogP contribution in [0, 0.1) is 0 Å². The Kier molecular flexibility index (Phi) is 5.75. The van der Waals surface area contributed by atoms with Gasteiger partial charge in [-0.1, -0.05) is 13.8 Å². The van der Waals surface area contributed by atoms with Crippen LogP contribution < -0.4 is 5.32 Å². The van der Waals surface area contributed by atoms with Crippen molar-refractivity contribution < 1.29 is 4.74 Å². The van der Waals surface area contributed by atoms with Crippen LogP contribution in [0.1, 0.15) is 31.2 Å². The summed E-state index contributed by atoms with van der Waals surface area (Å²) in [6, 6.07) is 0.305. The zero-order valence-electron chi connectivity index (χ0n) is 8.82. The average Bonchev–Trinajstić information content (AvgIpc) is 2.70. The largest absolute Gasteiger partial charge is 0.379 e. The maximum absolute atomic E-state index is 5.54. The molecule has 0 aliphatic heterocycles. The van der Waals surface area contributed by atoms with E-state index in [0.717, 1.165) is 26.2 Å². The molecule has 0 amide bonds. The predicted octanol–water partition coefficient (Wildman–Crippen LogP) is 2.22. The number of rotatable bonds is 7. The first-order chi connectivity index (χ1) is 6.88. The number of ether oxygens (including phenoxy) is 1. The van der Waals surface area contributed by atoms with E-state index >= 15 is 0 Å². The molecule has 0 saturated heterocycles. The Morgan fingerprint density at radius 3 is 3.00 bits per heavy atom. The molecule has 0 aliphatic rings. The van der Waals surface area contributed by atoms with Gasteiger partial charge in [0.25, 0.3) is 0 Å². The van der Waals surface area contributed by atoms with Gasteiger partial charge in [0, 0.05) is 17.7 Å². The van der Waals surface area contributed by atoms with E-state index in [-0.39, 0.29) is 0 Å². The van der Waals surface area contributed by atoms with E-state index in [2.05, 4.69) is 24.1 Å². The summed E-state index contributed by atoms with van der Waals surface area (Å²) in [6.45, 7) is 6.76. The SMILES string of the molecule is CCCOCC(NCC)c1cncs1. The van der Waals surface area contributed by atoms with Crippen molar-refractivity contribution in [1.82, 2.24) is 10.3 Å². The fourth-order valence-corrected chi connectivity index (χ4v) is 1.91. The van der Waals surface area contributed by atoms with Crippen LogP contribution >= 0.6 is 11.3 Å². The molecule has 80 valence electrons. The first-order valence-corrected chi connectivity index (χ1v) is 5.96. The second kappa shape index (κ2) is 6.92. The highest BCUT2D eigenvalue weighted by Gasteiger charge is 2.11. The normalized spacial score (nSPS) is 13.0. The third kappa shape index (κ3) is 3.74. The van der Waals surface area contributed by atoms with Gasteiger partial charge in [-0.2, -0.15) is 0 Å². The van der Waals surface area contributed by atoms with Crippen LogP contribution in [0.5, 0.6) is 0 Å². The lowest BCUT2D eigenvalue weighted by Crippen LogP contribution is -2.24. The topological polar surface area (TPSA) is 34.1 Å². The zero-order valence-corrected chi connectivity index (χ0v) is 9.64. The van der Waals surface area contributed by atoms with Gasteiger partial charge in [0.05, 0.1) is 18.2 Å². The highest BCUT2D eigenvalue weighted by molar-refractivity contribution is 7.09. The number of thiazole rings is 1. The number of hydrogen-bond acceptors (Lipinski definition) is 4. The lowest BCUT2D eigenvalue weighted by Gasteiger charge is -2.15. The fourth-order valence-electron chi connectivity index (χ4n) is 1.23. The van der Waals surface area contributed by atoms with Crippen LogP contribution in [0.4, 0.5) is 0 Å². The first-order valence-electron chi connectivity index (χ1n) is 5.08. The van der Waals surface area contributed by atoms with Crippen molar-refractivity contribution in [3.63, 3.8) is 0 Å². The summed E-state index contributed by atoms with van der Waals surface area (Å²) in [4.78, 5) is 5.33. The molecule has 14 heavy (non-hydrogen) atoms. The lowest BCUT2D eigenvalue weighted by atomic mass is 10.3. The van der Waals surface area contributed by atoms with Crippen LogP contribution in [-0.4, -0.2) is 24.7 Å². The van der Waals surface area contributed by atoms with E-state index < -0.39 is 0 Å². The van der Waals surface area contributed by atoms with Crippen molar-refractivity contribution in [2.45, 2.75) is 26.3 Å². The summed E-state index contributed by atoms with van der Waals surface area (Å²) in [5.41, 5.74) is 1.86. The van der Waals surface area contributed by atoms with E-state index in [9.17, 15) is 0 Å². The highest BCUT2D eigenvalue weighted by atomic mass is 32.1. The van der Waals surface area contributed by atoms with Crippen molar-refractivity contribution in [3.8, 4) is 0 Å². The van der Waals surface area contributed by atoms with Crippen molar-refractivity contribution in [1.29, 1.82) is 0 Å². The summed E-state index contributed by atoms with van der Waals surface area (Å²) in [6.07, 6.45) is 2.98. The van der Waals surface area contributed by atoms with Gasteiger partial charge in [0.15, 0.2) is 0 Å². The minimum absolute atomic E-state index is 0.305. The molecule has 1 aromatic heterocycles. The smallest absolute Gasteiger partial charge is 0.0794 e. The quantitative estimate of drug-likeness (QED) is 0.707. The van der Waals surface area contributed by atoms with E-state index in [1.54, 1.807) is 11.3 Å². The Morgan fingerprint density at radius 2 is 2.43 bits per heavy atom. The number of likely N-dealkylation sites (N-methyl/N-ethyl adjacent to an activating group) is 1. The minimum atomic E-state index is 0.305. The van der Waals surface area contributed by atoms with Crippen LogP contribution in [0.3, 0.4) is 0 Å². The Balaban J connectivity index is 2.39. The molecule has 1 rings (SSSR count). The molecule has 0 radical (unpaired) electrons. The van der Waals surface area contributed by atoms with Crippen LogP contribution in [0.2, 0.25) is 0 Å². The molecule has 1 unspecified atom stereocenters. The Hall–Kier alpha value is -0.450. The molecule has 0 bridgehead atoms. The van der Waals surface area contributed by atoms with Crippen molar-refractivity contribution in [2.75, 3.05) is 19.8 Å². The van der Waals surface area contributed by atoms with Crippen LogP contribution in [0.15, 0.2) is 11.7 Å². The van der Waals surface area contributed by atoms with Crippen molar-refractivity contribution >= 4 is 11.3 Å². The van der Waals surface area contributed by atoms with Gasteiger partial charge in [0.2, 0.25) is 0 Å². The molecule has 1 aromatic rings. The predicted molar refractivity (Wildman–Crippen MR) is 59.6 cm³/mol. The minimum Gasteiger partial charge on any atom is -0.379 e. The van der Waals surface area contributed by atoms with Crippen molar-refractivity contribution in [2.24, 2.45) is 0 Å². The third-order valence-electron chi connectivity index (χ3n) is 1.88. The van der Waals surface area contributed by atoms with Gasteiger partial charge >= 0.3 is 0 Å². The van der Waals surface area contributed by atoms with Crippen LogP contribution in [0.25, 0.3) is 0 Å². The molecule has 0 aromatic carbocycles. The molecular formula is C10H18N2OS. The van der Waals surface area contributed by atoms with Gasteiger partial charge in [-0.05, 0) is 13.0 Å². The summed E-state index contributed by atoms with van der Waals surface area (Å²) >= 11 is 1.68. The molecule has 1 N–H and O–H groups in total. The number of nitrogens with one attached hydrogen (secondary N) is 1. The van der Waals surface area contributed by atoms with Crippen molar-refractivity contribution in [3.05, 3.63) is 16.6 Å². The number of aromatic nitrogens is 1. The monoisotopic (exact) mass is 214 g/mol. The molecule has 0 aliphatic carbocycles. The average molecular weight is 214 g/mol. The van der Waals surface area contributed by atoms with Crippen LogP contribution in [-0.2, 0) is 4.74 Å². The van der Waals surface area contributed by atoms with Gasteiger partial charge in [-0.15, -0.1) is 11.3 Å². The molecule has 1 heterocycles. The zero-order chi connectivity index (χ0) is 10.2. The van der Waals surface area contributed by atoms with Gasteiger partial charge in [-0.25, -0.2) is 0 Å². The first kappa shape index (κ1) is 11.6. The lowest BCUT2D eigenvalue weighted by molar-refractivity contribution is 0.113. The molecule has 0 fully saturated rings. The summed E-state index contributed by atoms with van der Waals surface area (Å²) in [5, 5.41) is 3.39. The molecular weight excluding hydrogens is 196 g/mol. The molecule has 4 heteroatoms. The van der Waals surface area contributed by atoms with Gasteiger partial charge in [-0.3, -0.25) is 4.98 Å². The van der Waals surface area contributed by atoms with Gasteiger partial charge < -0.3 is 10.1 Å². The second-order valence-electron chi connectivity index (χ2n) is 3.09. The Morgan fingerprint density at radius 1 is 1.57 bits per heavy atom. The maximum atomic E-state index is 5.54. The summed E-state index contributed by atoms with van der Waals surface area (Å²) in [5.74, 6) is 0. The maximum Gasteiger partial charge on any atom is 0.0794 e. The Labute approximate surface area is 89.5 Å². The summed E-state index contributed by atoms with van der Waals surface area (Å²) < 4.78 is 5.54. The fraction of sp³-hybridized carbons (Fsp3) is 0.700. The van der Waals surface area contributed by atoms with E-state index in [1.807, 2.05) is 11.7 Å². The highest BCUT2D eigenvalue weighted by Crippen LogP contribution is 2.17. The number of nitrogens with zero attached hydrogens (tertiary/aromatic N) is 1. The third-order valence-corrected chi connectivity index (χ3v) is 2.77. The van der Waals surface area contributed by atoms with Gasteiger partial charge in [0.1, 0.15) is 0 Å². The van der Waals surface area contributed by atoms with E-state index in [4.69, 9.17) is 4.74 Å². The van der Waals surface area contributed by atoms with E-state index in [1.165, 1.54) is 4.88 Å². The second-order valence-corrected chi connectivity index (χ2v) is 4.01. The molecule has 1 atom stereocenters.